The normalized spacial score (nSPS) is 23.1. The van der Waals surface area contributed by atoms with E-state index in [-0.39, 0.29) is 102 Å². The number of likely N-dealkylation sites (tertiary alicyclic amines) is 4. The number of carbonyl (C=O) groups excluding carboxylic acids is 7. The van der Waals surface area contributed by atoms with E-state index in [0.717, 1.165) is 51.4 Å². The average molecular weight is 1060 g/mol. The Bertz CT molecular complexity index is 1950. The molecule has 4 fully saturated rings. The van der Waals surface area contributed by atoms with Gasteiger partial charge in [0, 0.05) is 80.1 Å². The van der Waals surface area contributed by atoms with Crippen molar-refractivity contribution < 1.29 is 53.4 Å². The molecule has 0 saturated carbocycles. The fourth-order valence-corrected chi connectivity index (χ4v) is 11.9. The summed E-state index contributed by atoms with van der Waals surface area (Å²) in [4.78, 5) is 125. The van der Waals surface area contributed by atoms with Crippen LogP contribution in [0.5, 0.6) is 0 Å². The van der Waals surface area contributed by atoms with Crippen molar-refractivity contribution in [1.82, 2.24) is 35.6 Å². The van der Waals surface area contributed by atoms with E-state index >= 15 is 0 Å². The van der Waals surface area contributed by atoms with Crippen LogP contribution in [0.4, 0.5) is 0 Å². The van der Waals surface area contributed by atoms with Crippen LogP contribution in [0, 0.1) is 41.4 Å². The number of aliphatic carboxylic acids is 2. The SMILES string of the molecule is CC(C)[C@H](CC[C@@H]1CCCN1C(=O)[C@@H](NC(=O)[C@H](C)CC[C@@H]1CCCN1C(=O)CNC(=O)[C@H](C)CC[C@@H]1CCCN1C(=O)[C@H](C)NC(=O)[C@H](C)CC[C@@H]1CCCN1C(=O)[C@H](C)CC[C@@H](N)CC(=O)O)C(C)C)C(=O)O. The Balaban J connectivity index is 1.16. The summed E-state index contributed by atoms with van der Waals surface area (Å²) in [6.07, 6.45) is 12.0. The zero-order valence-electron chi connectivity index (χ0n) is 47.0. The number of carbonyl (C=O) groups is 9. The van der Waals surface area contributed by atoms with Crippen molar-refractivity contribution in [1.29, 1.82) is 0 Å². The number of nitrogens with two attached hydrogens (primary N) is 1. The van der Waals surface area contributed by atoms with Gasteiger partial charge in [-0.1, -0.05) is 55.4 Å². The molecule has 4 heterocycles. The fraction of sp³-hybridized carbons (Fsp3) is 0.839. The van der Waals surface area contributed by atoms with Crippen LogP contribution in [0.15, 0.2) is 0 Å². The lowest BCUT2D eigenvalue weighted by atomic mass is 9.89. The van der Waals surface area contributed by atoms with Crippen molar-refractivity contribution in [2.75, 3.05) is 32.7 Å². The van der Waals surface area contributed by atoms with E-state index in [1.54, 1.807) is 6.92 Å². The van der Waals surface area contributed by atoms with E-state index in [9.17, 15) is 48.3 Å². The number of carboxylic acid groups (broad SMARTS) is 2. The number of carboxylic acids is 2. The molecule has 0 unspecified atom stereocenters. The topological polar surface area (TPSA) is 269 Å². The highest BCUT2D eigenvalue weighted by atomic mass is 16.4. The summed E-state index contributed by atoms with van der Waals surface area (Å²) in [5, 5.41) is 27.5. The predicted octanol–water partition coefficient (Wildman–Crippen LogP) is 5.32. The van der Waals surface area contributed by atoms with Crippen LogP contribution >= 0.6 is 0 Å². The number of hydrogen-bond acceptors (Lipinski definition) is 10. The molecule has 0 aromatic heterocycles. The number of rotatable bonds is 30. The lowest BCUT2D eigenvalue weighted by molar-refractivity contribution is -0.144. The van der Waals surface area contributed by atoms with Crippen molar-refractivity contribution in [2.24, 2.45) is 47.2 Å². The molecule has 0 radical (unpaired) electrons. The first kappa shape index (κ1) is 62.7. The highest BCUT2D eigenvalue weighted by Crippen LogP contribution is 2.30. The molecule has 4 aliphatic heterocycles. The van der Waals surface area contributed by atoms with Crippen LogP contribution in [-0.4, -0.2) is 158 Å². The maximum Gasteiger partial charge on any atom is 0.306 e. The van der Waals surface area contributed by atoms with Gasteiger partial charge in [-0.2, -0.15) is 0 Å². The van der Waals surface area contributed by atoms with Gasteiger partial charge < -0.3 is 51.5 Å². The summed E-state index contributed by atoms with van der Waals surface area (Å²) < 4.78 is 0. The van der Waals surface area contributed by atoms with Gasteiger partial charge >= 0.3 is 11.9 Å². The summed E-state index contributed by atoms with van der Waals surface area (Å²) in [7, 11) is 0. The van der Waals surface area contributed by atoms with Crippen LogP contribution < -0.4 is 21.7 Å². The van der Waals surface area contributed by atoms with Crippen molar-refractivity contribution in [2.45, 2.75) is 227 Å². The third-order valence-electron chi connectivity index (χ3n) is 17.0. The maximum absolute atomic E-state index is 13.9. The first-order valence-corrected chi connectivity index (χ1v) is 28.7. The second kappa shape index (κ2) is 30.2. The zero-order valence-corrected chi connectivity index (χ0v) is 47.0. The molecule has 0 bridgehead atoms. The highest BCUT2D eigenvalue weighted by molar-refractivity contribution is 5.90. The molecule has 0 aliphatic carbocycles. The number of hydrogen-bond donors (Lipinski definition) is 6. The molecule has 75 heavy (non-hydrogen) atoms. The third kappa shape index (κ3) is 18.7. The minimum Gasteiger partial charge on any atom is -0.481 e. The molecule has 19 nitrogen and oxygen atoms in total. The smallest absolute Gasteiger partial charge is 0.306 e. The Morgan fingerprint density at radius 2 is 0.920 bits per heavy atom. The van der Waals surface area contributed by atoms with Gasteiger partial charge in [0.2, 0.25) is 41.4 Å². The van der Waals surface area contributed by atoms with Crippen molar-refractivity contribution >= 4 is 53.3 Å². The summed E-state index contributed by atoms with van der Waals surface area (Å²) in [5.41, 5.74) is 5.92. The number of amides is 7. The van der Waals surface area contributed by atoms with E-state index < -0.39 is 47.8 Å². The zero-order chi connectivity index (χ0) is 55.7. The molecule has 12 atom stereocenters. The lowest BCUT2D eigenvalue weighted by Crippen LogP contribution is -2.53. The van der Waals surface area contributed by atoms with E-state index in [4.69, 9.17) is 10.8 Å². The Hall–Kier alpha value is -4.81. The van der Waals surface area contributed by atoms with Crippen molar-refractivity contribution in [3.05, 3.63) is 0 Å². The fourth-order valence-electron chi connectivity index (χ4n) is 11.9. The van der Waals surface area contributed by atoms with E-state index in [0.29, 0.717) is 90.4 Å². The van der Waals surface area contributed by atoms with Gasteiger partial charge in [-0.25, -0.2) is 0 Å². The van der Waals surface area contributed by atoms with E-state index in [1.165, 1.54) is 0 Å². The van der Waals surface area contributed by atoms with Crippen LogP contribution in [0.2, 0.25) is 0 Å². The van der Waals surface area contributed by atoms with Crippen LogP contribution in [0.25, 0.3) is 0 Å². The minimum atomic E-state index is -0.954. The van der Waals surface area contributed by atoms with Gasteiger partial charge in [0.15, 0.2) is 0 Å². The second-order valence-electron chi connectivity index (χ2n) is 23.6. The quantitative estimate of drug-likeness (QED) is 0.0534. The Morgan fingerprint density at radius 3 is 1.39 bits per heavy atom. The molecule has 4 rings (SSSR count). The Morgan fingerprint density at radius 1 is 0.493 bits per heavy atom. The van der Waals surface area contributed by atoms with Crippen molar-refractivity contribution in [3.8, 4) is 0 Å². The Labute approximate surface area is 447 Å². The summed E-state index contributed by atoms with van der Waals surface area (Å²) in [6.45, 7) is 18.9. The van der Waals surface area contributed by atoms with Gasteiger partial charge in [-0.05, 0) is 134 Å². The van der Waals surface area contributed by atoms with Crippen LogP contribution in [0.3, 0.4) is 0 Å². The first-order valence-electron chi connectivity index (χ1n) is 28.7. The van der Waals surface area contributed by atoms with Gasteiger partial charge in [-0.15, -0.1) is 0 Å². The number of nitrogens with one attached hydrogen (secondary N) is 3. The van der Waals surface area contributed by atoms with Gasteiger partial charge in [0.25, 0.3) is 0 Å². The lowest BCUT2D eigenvalue weighted by Gasteiger charge is -2.32. The molecule has 0 aromatic carbocycles. The van der Waals surface area contributed by atoms with Gasteiger partial charge in [-0.3, -0.25) is 43.2 Å². The summed E-state index contributed by atoms with van der Waals surface area (Å²) in [6, 6.07) is -2.10. The predicted molar refractivity (Wildman–Crippen MR) is 285 cm³/mol. The van der Waals surface area contributed by atoms with E-state index in [2.05, 4.69) is 16.0 Å². The molecule has 7 N–H and O–H groups in total. The molecular weight excluding hydrogens is 961 g/mol. The van der Waals surface area contributed by atoms with Crippen LogP contribution in [-0.2, 0) is 43.2 Å². The first-order chi connectivity index (χ1) is 35.4. The third-order valence-corrected chi connectivity index (χ3v) is 17.0. The average Bonchev–Trinajstić information content (AvgIpc) is 4.21. The van der Waals surface area contributed by atoms with Crippen molar-refractivity contribution in [3.63, 3.8) is 0 Å². The molecule has 7 amide bonds. The van der Waals surface area contributed by atoms with Gasteiger partial charge in [0.05, 0.1) is 18.9 Å². The molecular formula is C56H96N8O11. The summed E-state index contributed by atoms with van der Waals surface area (Å²) in [5.74, 6) is -4.92. The molecule has 0 spiro atoms. The summed E-state index contributed by atoms with van der Waals surface area (Å²) >= 11 is 0. The van der Waals surface area contributed by atoms with Crippen LogP contribution in [0.1, 0.15) is 184 Å². The molecule has 4 saturated heterocycles. The second-order valence-corrected chi connectivity index (χ2v) is 23.6. The van der Waals surface area contributed by atoms with Gasteiger partial charge in [0.1, 0.15) is 12.1 Å². The number of nitrogens with zero attached hydrogens (tertiary/aromatic N) is 4. The highest BCUT2D eigenvalue weighted by Gasteiger charge is 2.39. The minimum absolute atomic E-state index is 0.00582. The molecule has 4 aliphatic rings. The molecule has 0 aromatic rings. The molecule has 19 heteroatoms. The Kier molecular flexibility index (Phi) is 25.3. The molecule has 426 valence electrons. The monoisotopic (exact) mass is 1060 g/mol. The standard InChI is InChI=1S/C56H96N8O11/c1-34(2)46(56(74)75)27-26-45-17-13-31-64(45)55(73)49(35(3)4)60-52(70)38(7)20-23-42-14-10-28-61(42)47(65)33-58-50(68)36(5)19-24-44-16-12-30-63(44)54(72)40(9)59-51(69)37(6)21-25-43-15-11-29-62(43)53(71)39(8)18-22-41(57)32-48(66)67/h34-46,49H,10-33,57H2,1-9H3,(H,58,68)(H,59,69)(H,60,70)(H,66,67)(H,74,75)/t36-,37-,38-,39-,40+,41-,42+,43+,44+,45+,46+,49+/m1/s1. The van der Waals surface area contributed by atoms with E-state index in [1.807, 2.05) is 75.0 Å². The maximum atomic E-state index is 13.9. The largest absolute Gasteiger partial charge is 0.481 e.